The summed E-state index contributed by atoms with van der Waals surface area (Å²) in [4.78, 5) is 19.4. The third-order valence-electron chi connectivity index (χ3n) is 3.25. The quantitative estimate of drug-likeness (QED) is 0.798. The van der Waals surface area contributed by atoms with Gasteiger partial charge in [-0.1, -0.05) is 0 Å². The molecule has 3 heterocycles. The Morgan fingerprint density at radius 3 is 2.78 bits per heavy atom. The van der Waals surface area contributed by atoms with Gasteiger partial charge in [0.1, 0.15) is 18.0 Å². The van der Waals surface area contributed by atoms with Gasteiger partial charge in [0.05, 0.1) is 0 Å². The van der Waals surface area contributed by atoms with E-state index in [1.807, 2.05) is 19.1 Å². The zero-order chi connectivity index (χ0) is 12.4. The lowest BCUT2D eigenvalue weighted by atomic mass is 10.1. The highest BCUT2D eigenvalue weighted by atomic mass is 15.2. The predicted octanol–water partition coefficient (Wildman–Crippen LogP) is 1.57. The number of nitrogens with zero attached hydrogens (tertiary/aromatic N) is 5. The smallest absolute Gasteiger partial charge is 0.133 e. The summed E-state index contributed by atoms with van der Waals surface area (Å²) in [6.07, 6.45) is 6.31. The minimum atomic E-state index is 0.404. The average molecular weight is 241 g/mol. The van der Waals surface area contributed by atoms with Crippen LogP contribution in [0.1, 0.15) is 23.9 Å². The monoisotopic (exact) mass is 241 g/mol. The minimum Gasteiger partial charge on any atom is -0.356 e. The molecule has 0 aromatic carbocycles. The standard InChI is InChI=1S/C13H15N5/c1-10-7-12(17-9-16-10)18-6-3-11(8-18)13-14-4-2-5-15-13/h2,4-5,7,9,11H,3,6,8H2,1H3. The molecule has 5 nitrogen and oxygen atoms in total. The second kappa shape index (κ2) is 4.68. The first-order chi connectivity index (χ1) is 8.83. The van der Waals surface area contributed by atoms with Crippen molar-refractivity contribution in [3.63, 3.8) is 0 Å². The van der Waals surface area contributed by atoms with Crippen LogP contribution in [0.15, 0.2) is 30.9 Å². The zero-order valence-corrected chi connectivity index (χ0v) is 10.3. The van der Waals surface area contributed by atoms with Crippen LogP contribution in [-0.2, 0) is 0 Å². The fourth-order valence-corrected chi connectivity index (χ4v) is 2.31. The van der Waals surface area contributed by atoms with Gasteiger partial charge in [-0.15, -0.1) is 0 Å². The molecule has 1 atom stereocenters. The van der Waals surface area contributed by atoms with E-state index in [4.69, 9.17) is 0 Å². The van der Waals surface area contributed by atoms with Crippen molar-refractivity contribution in [2.45, 2.75) is 19.3 Å². The van der Waals surface area contributed by atoms with Gasteiger partial charge in [-0.25, -0.2) is 19.9 Å². The molecule has 0 radical (unpaired) electrons. The maximum atomic E-state index is 4.34. The maximum absolute atomic E-state index is 4.34. The molecule has 1 saturated heterocycles. The first-order valence-electron chi connectivity index (χ1n) is 6.13. The topological polar surface area (TPSA) is 54.8 Å². The maximum Gasteiger partial charge on any atom is 0.133 e. The molecule has 0 N–H and O–H groups in total. The summed E-state index contributed by atoms with van der Waals surface area (Å²) in [5, 5.41) is 0. The number of anilines is 1. The molecule has 0 saturated carbocycles. The van der Waals surface area contributed by atoms with E-state index in [0.29, 0.717) is 5.92 Å². The van der Waals surface area contributed by atoms with Crippen molar-refractivity contribution >= 4 is 5.82 Å². The molecular formula is C13H15N5. The molecule has 1 fully saturated rings. The Balaban J connectivity index is 1.76. The van der Waals surface area contributed by atoms with E-state index in [1.54, 1.807) is 18.7 Å². The lowest BCUT2D eigenvalue weighted by Crippen LogP contribution is -2.21. The van der Waals surface area contributed by atoms with Gasteiger partial charge in [0.25, 0.3) is 0 Å². The second-order valence-electron chi connectivity index (χ2n) is 4.56. The summed E-state index contributed by atoms with van der Waals surface area (Å²) >= 11 is 0. The van der Waals surface area contributed by atoms with Gasteiger partial charge >= 0.3 is 0 Å². The van der Waals surface area contributed by atoms with Crippen molar-refractivity contribution < 1.29 is 0 Å². The minimum absolute atomic E-state index is 0.404. The van der Waals surface area contributed by atoms with Crippen molar-refractivity contribution in [1.82, 2.24) is 19.9 Å². The Kier molecular flexibility index (Phi) is 2.88. The highest BCUT2D eigenvalue weighted by Crippen LogP contribution is 2.27. The molecular weight excluding hydrogens is 226 g/mol. The van der Waals surface area contributed by atoms with Crippen LogP contribution in [0.2, 0.25) is 0 Å². The van der Waals surface area contributed by atoms with Crippen molar-refractivity contribution in [2.24, 2.45) is 0 Å². The first kappa shape index (κ1) is 11.1. The van der Waals surface area contributed by atoms with Crippen LogP contribution in [0.5, 0.6) is 0 Å². The third-order valence-corrected chi connectivity index (χ3v) is 3.25. The van der Waals surface area contributed by atoms with Gasteiger partial charge in [-0.05, 0) is 19.4 Å². The molecule has 0 amide bonds. The molecule has 0 aliphatic carbocycles. The molecule has 0 spiro atoms. The zero-order valence-electron chi connectivity index (χ0n) is 10.3. The van der Waals surface area contributed by atoms with E-state index in [9.17, 15) is 0 Å². The Bertz CT molecular complexity index is 528. The third kappa shape index (κ3) is 2.16. The number of rotatable bonds is 2. The largest absolute Gasteiger partial charge is 0.356 e. The summed E-state index contributed by atoms with van der Waals surface area (Å²) in [6.45, 7) is 3.92. The fraction of sp³-hybridized carbons (Fsp3) is 0.385. The van der Waals surface area contributed by atoms with Crippen molar-refractivity contribution in [3.8, 4) is 0 Å². The lowest BCUT2D eigenvalue weighted by Gasteiger charge is -2.17. The van der Waals surface area contributed by atoms with Gasteiger partial charge in [0, 0.05) is 43.2 Å². The molecule has 92 valence electrons. The van der Waals surface area contributed by atoms with Crippen LogP contribution in [-0.4, -0.2) is 33.0 Å². The van der Waals surface area contributed by atoms with Gasteiger partial charge in [-0.3, -0.25) is 0 Å². The molecule has 1 unspecified atom stereocenters. The Morgan fingerprint density at radius 2 is 2.00 bits per heavy atom. The second-order valence-corrected chi connectivity index (χ2v) is 4.56. The lowest BCUT2D eigenvalue weighted by molar-refractivity contribution is 0.708. The van der Waals surface area contributed by atoms with E-state index in [1.165, 1.54) is 0 Å². The summed E-state index contributed by atoms with van der Waals surface area (Å²) in [7, 11) is 0. The normalized spacial score (nSPS) is 19.2. The number of aromatic nitrogens is 4. The van der Waals surface area contributed by atoms with E-state index in [2.05, 4.69) is 24.8 Å². The van der Waals surface area contributed by atoms with Crippen molar-refractivity contribution in [3.05, 3.63) is 42.4 Å². The van der Waals surface area contributed by atoms with E-state index >= 15 is 0 Å². The number of hydrogen-bond acceptors (Lipinski definition) is 5. The summed E-state index contributed by atoms with van der Waals surface area (Å²) in [5.74, 6) is 2.34. The molecule has 2 aromatic heterocycles. The average Bonchev–Trinajstić information content (AvgIpc) is 2.89. The van der Waals surface area contributed by atoms with Crippen LogP contribution in [0.4, 0.5) is 5.82 Å². The molecule has 1 aliphatic heterocycles. The summed E-state index contributed by atoms with van der Waals surface area (Å²) in [5.41, 5.74) is 0.999. The van der Waals surface area contributed by atoms with Crippen LogP contribution in [0.3, 0.4) is 0 Å². The molecule has 18 heavy (non-hydrogen) atoms. The van der Waals surface area contributed by atoms with Gasteiger partial charge in [0.2, 0.25) is 0 Å². The van der Waals surface area contributed by atoms with Crippen LogP contribution in [0, 0.1) is 6.92 Å². The van der Waals surface area contributed by atoms with E-state index < -0.39 is 0 Å². The fourth-order valence-electron chi connectivity index (χ4n) is 2.31. The van der Waals surface area contributed by atoms with Gasteiger partial charge in [0.15, 0.2) is 0 Å². The van der Waals surface area contributed by atoms with Crippen molar-refractivity contribution in [1.29, 1.82) is 0 Å². The van der Waals surface area contributed by atoms with E-state index in [-0.39, 0.29) is 0 Å². The highest BCUT2D eigenvalue weighted by Gasteiger charge is 2.26. The van der Waals surface area contributed by atoms with Crippen molar-refractivity contribution in [2.75, 3.05) is 18.0 Å². The van der Waals surface area contributed by atoms with Crippen LogP contribution in [0.25, 0.3) is 0 Å². The molecule has 3 rings (SSSR count). The Hall–Kier alpha value is -2.04. The summed E-state index contributed by atoms with van der Waals surface area (Å²) in [6, 6.07) is 3.87. The Labute approximate surface area is 106 Å². The van der Waals surface area contributed by atoms with E-state index in [0.717, 1.165) is 36.8 Å². The molecule has 0 bridgehead atoms. The predicted molar refractivity (Wildman–Crippen MR) is 68.4 cm³/mol. The molecule has 2 aromatic rings. The summed E-state index contributed by atoms with van der Waals surface area (Å²) < 4.78 is 0. The van der Waals surface area contributed by atoms with Crippen LogP contribution >= 0.6 is 0 Å². The number of hydrogen-bond donors (Lipinski definition) is 0. The van der Waals surface area contributed by atoms with Crippen LogP contribution < -0.4 is 4.90 Å². The SMILES string of the molecule is Cc1cc(N2CCC(c3ncccn3)C2)ncn1. The highest BCUT2D eigenvalue weighted by molar-refractivity contribution is 5.40. The van der Waals surface area contributed by atoms with Gasteiger partial charge in [-0.2, -0.15) is 0 Å². The number of aryl methyl sites for hydroxylation is 1. The van der Waals surface area contributed by atoms with Gasteiger partial charge < -0.3 is 4.90 Å². The first-order valence-corrected chi connectivity index (χ1v) is 6.13. The molecule has 1 aliphatic rings. The molecule has 5 heteroatoms. The Morgan fingerprint density at radius 1 is 1.17 bits per heavy atom.